The Hall–Kier alpha value is -1.46. The normalized spacial score (nSPS) is 18.7. The molecular formula is C12H15FN2O2. The van der Waals surface area contributed by atoms with Gasteiger partial charge in [-0.15, -0.1) is 0 Å². The molecule has 1 aliphatic heterocycles. The molecule has 0 spiro atoms. The van der Waals surface area contributed by atoms with E-state index in [9.17, 15) is 9.18 Å². The van der Waals surface area contributed by atoms with E-state index in [0.29, 0.717) is 31.6 Å². The Bertz CT molecular complexity index is 417. The molecule has 1 aliphatic rings. The molecule has 1 aromatic rings. The first-order chi connectivity index (χ1) is 8.20. The van der Waals surface area contributed by atoms with Crippen molar-refractivity contribution in [3.05, 3.63) is 35.6 Å². The predicted octanol–water partition coefficient (Wildman–Crippen LogP) is 0.864. The van der Waals surface area contributed by atoms with Crippen LogP contribution in [0.4, 0.5) is 4.39 Å². The first kappa shape index (κ1) is 12.0. The Morgan fingerprint density at radius 3 is 2.59 bits per heavy atom. The van der Waals surface area contributed by atoms with Gasteiger partial charge in [0.25, 0.3) is 0 Å². The van der Waals surface area contributed by atoms with Crippen LogP contribution in [0.5, 0.6) is 0 Å². The predicted molar refractivity (Wildman–Crippen MR) is 60.5 cm³/mol. The summed E-state index contributed by atoms with van der Waals surface area (Å²) in [6, 6.07) is 6.32. The summed E-state index contributed by atoms with van der Waals surface area (Å²) in [5.41, 5.74) is 1.63. The Morgan fingerprint density at radius 2 is 2.00 bits per heavy atom. The summed E-state index contributed by atoms with van der Waals surface area (Å²) >= 11 is 0. The van der Waals surface area contributed by atoms with E-state index in [2.05, 4.69) is 5.43 Å². The molecule has 1 aromatic carbocycles. The van der Waals surface area contributed by atoms with Crippen molar-refractivity contribution < 1.29 is 13.9 Å². The highest BCUT2D eigenvalue weighted by molar-refractivity contribution is 5.88. The molecule has 1 saturated heterocycles. The minimum atomic E-state index is -0.904. The van der Waals surface area contributed by atoms with Crippen molar-refractivity contribution in [2.75, 3.05) is 13.2 Å². The largest absolute Gasteiger partial charge is 0.381 e. The number of benzene rings is 1. The second kappa shape index (κ2) is 4.81. The lowest BCUT2D eigenvalue weighted by atomic mass is 9.73. The van der Waals surface area contributed by atoms with Gasteiger partial charge in [0.2, 0.25) is 5.91 Å². The first-order valence-corrected chi connectivity index (χ1v) is 5.54. The standard InChI is InChI=1S/C12H15FN2O2/c13-10-4-2-1-3-9(10)12(11(16)15-14)5-7-17-8-6-12/h1-4H,5-8,14H2,(H,15,16). The van der Waals surface area contributed by atoms with Crippen LogP contribution in [-0.4, -0.2) is 19.1 Å². The maximum atomic E-state index is 13.9. The van der Waals surface area contributed by atoms with E-state index in [1.165, 1.54) is 6.07 Å². The summed E-state index contributed by atoms with van der Waals surface area (Å²) in [7, 11) is 0. The number of nitrogens with one attached hydrogen (secondary N) is 1. The number of carbonyl (C=O) groups excluding carboxylic acids is 1. The van der Waals surface area contributed by atoms with E-state index in [0.717, 1.165) is 0 Å². The minimum Gasteiger partial charge on any atom is -0.381 e. The second-order valence-electron chi connectivity index (χ2n) is 4.15. The van der Waals surface area contributed by atoms with Crippen molar-refractivity contribution in [2.45, 2.75) is 18.3 Å². The molecule has 3 N–H and O–H groups in total. The van der Waals surface area contributed by atoms with Gasteiger partial charge in [-0.25, -0.2) is 10.2 Å². The fraction of sp³-hybridized carbons (Fsp3) is 0.417. The third-order valence-electron chi connectivity index (χ3n) is 3.30. The van der Waals surface area contributed by atoms with E-state index in [1.54, 1.807) is 18.2 Å². The Kier molecular flexibility index (Phi) is 3.40. The molecule has 0 bridgehead atoms. The van der Waals surface area contributed by atoms with Crippen molar-refractivity contribution >= 4 is 5.91 Å². The average Bonchev–Trinajstić information content (AvgIpc) is 2.39. The summed E-state index contributed by atoms with van der Waals surface area (Å²) in [5.74, 6) is 4.48. The Morgan fingerprint density at radius 1 is 1.35 bits per heavy atom. The third-order valence-corrected chi connectivity index (χ3v) is 3.30. The Labute approximate surface area is 98.9 Å². The summed E-state index contributed by atoms with van der Waals surface area (Å²) in [6.45, 7) is 0.865. The second-order valence-corrected chi connectivity index (χ2v) is 4.15. The van der Waals surface area contributed by atoms with E-state index < -0.39 is 5.41 Å². The van der Waals surface area contributed by atoms with Crippen molar-refractivity contribution in [1.29, 1.82) is 0 Å². The van der Waals surface area contributed by atoms with Crippen LogP contribution in [0.15, 0.2) is 24.3 Å². The number of amides is 1. The zero-order valence-electron chi connectivity index (χ0n) is 9.41. The molecule has 1 fully saturated rings. The summed E-state index contributed by atoms with van der Waals surface area (Å²) in [4.78, 5) is 12.0. The number of carbonyl (C=O) groups is 1. The fourth-order valence-electron chi connectivity index (χ4n) is 2.33. The summed E-state index contributed by atoms with van der Waals surface area (Å²) in [5, 5.41) is 0. The van der Waals surface area contributed by atoms with E-state index in [4.69, 9.17) is 10.6 Å². The lowest BCUT2D eigenvalue weighted by molar-refractivity contribution is -0.130. The highest BCUT2D eigenvalue weighted by Crippen LogP contribution is 2.36. The van der Waals surface area contributed by atoms with Crippen LogP contribution in [0.1, 0.15) is 18.4 Å². The molecule has 5 heteroatoms. The number of hydrazine groups is 1. The summed E-state index contributed by atoms with van der Waals surface area (Å²) < 4.78 is 19.1. The van der Waals surface area contributed by atoms with Crippen LogP contribution in [0.3, 0.4) is 0 Å². The van der Waals surface area contributed by atoms with Crippen LogP contribution in [0.25, 0.3) is 0 Å². The molecule has 0 saturated carbocycles. The van der Waals surface area contributed by atoms with Gasteiger partial charge in [-0.05, 0) is 18.9 Å². The monoisotopic (exact) mass is 238 g/mol. The number of hydrogen-bond donors (Lipinski definition) is 2. The van der Waals surface area contributed by atoms with Gasteiger partial charge < -0.3 is 4.74 Å². The maximum Gasteiger partial charge on any atom is 0.244 e. The van der Waals surface area contributed by atoms with Gasteiger partial charge in [0.05, 0.1) is 5.41 Å². The molecule has 4 nitrogen and oxygen atoms in total. The Balaban J connectivity index is 2.46. The van der Waals surface area contributed by atoms with Gasteiger partial charge in [0.15, 0.2) is 0 Å². The molecule has 0 radical (unpaired) electrons. The number of hydrogen-bond acceptors (Lipinski definition) is 3. The van der Waals surface area contributed by atoms with Gasteiger partial charge >= 0.3 is 0 Å². The fourth-order valence-corrected chi connectivity index (χ4v) is 2.33. The molecular weight excluding hydrogens is 223 g/mol. The van der Waals surface area contributed by atoms with Crippen molar-refractivity contribution in [3.8, 4) is 0 Å². The minimum absolute atomic E-state index is 0.356. The third kappa shape index (κ3) is 2.03. The van der Waals surface area contributed by atoms with Crippen molar-refractivity contribution in [1.82, 2.24) is 5.43 Å². The molecule has 2 rings (SSSR count). The van der Waals surface area contributed by atoms with E-state index in [-0.39, 0.29) is 11.7 Å². The van der Waals surface area contributed by atoms with Gasteiger partial charge in [-0.2, -0.15) is 0 Å². The summed E-state index contributed by atoms with van der Waals surface area (Å²) in [6.07, 6.45) is 0.883. The molecule has 0 aromatic heterocycles. The number of halogens is 1. The van der Waals surface area contributed by atoms with Gasteiger partial charge in [0.1, 0.15) is 5.82 Å². The van der Waals surface area contributed by atoms with Gasteiger partial charge in [0, 0.05) is 18.8 Å². The average molecular weight is 238 g/mol. The van der Waals surface area contributed by atoms with Crippen molar-refractivity contribution in [2.24, 2.45) is 5.84 Å². The molecule has 17 heavy (non-hydrogen) atoms. The molecule has 1 heterocycles. The molecule has 1 amide bonds. The molecule has 0 unspecified atom stereocenters. The van der Waals surface area contributed by atoms with Crippen molar-refractivity contribution in [3.63, 3.8) is 0 Å². The van der Waals surface area contributed by atoms with E-state index >= 15 is 0 Å². The zero-order chi connectivity index (χ0) is 12.3. The highest BCUT2D eigenvalue weighted by atomic mass is 19.1. The maximum absolute atomic E-state index is 13.9. The lowest BCUT2D eigenvalue weighted by Gasteiger charge is -2.35. The van der Waals surface area contributed by atoms with Gasteiger partial charge in [-0.1, -0.05) is 18.2 Å². The molecule has 0 atom stereocenters. The first-order valence-electron chi connectivity index (χ1n) is 5.54. The van der Waals surface area contributed by atoms with Crippen LogP contribution in [-0.2, 0) is 14.9 Å². The topological polar surface area (TPSA) is 64.3 Å². The van der Waals surface area contributed by atoms with Gasteiger partial charge in [-0.3, -0.25) is 10.2 Å². The number of nitrogens with two attached hydrogens (primary N) is 1. The SMILES string of the molecule is NNC(=O)C1(c2ccccc2F)CCOCC1. The number of ether oxygens (including phenoxy) is 1. The smallest absolute Gasteiger partial charge is 0.244 e. The van der Waals surface area contributed by atoms with E-state index in [1.807, 2.05) is 0 Å². The van der Waals surface area contributed by atoms with Crippen LogP contribution in [0.2, 0.25) is 0 Å². The molecule has 0 aliphatic carbocycles. The lowest BCUT2D eigenvalue weighted by Crippen LogP contribution is -2.50. The quantitative estimate of drug-likeness (QED) is 0.456. The number of rotatable bonds is 2. The highest BCUT2D eigenvalue weighted by Gasteiger charge is 2.43. The van der Waals surface area contributed by atoms with Crippen LogP contribution >= 0.6 is 0 Å². The van der Waals surface area contributed by atoms with Crippen LogP contribution < -0.4 is 11.3 Å². The van der Waals surface area contributed by atoms with Crippen LogP contribution in [0, 0.1) is 5.82 Å². The zero-order valence-corrected chi connectivity index (χ0v) is 9.41. The molecule has 92 valence electrons.